The molecule has 0 aliphatic heterocycles. The van der Waals surface area contributed by atoms with Gasteiger partial charge in [-0.15, -0.1) is 10.2 Å². The highest BCUT2D eigenvalue weighted by molar-refractivity contribution is 8.13. The minimum Gasteiger partial charge on any atom is -0.301 e. The topological polar surface area (TPSA) is 64.8 Å². The van der Waals surface area contributed by atoms with Crippen LogP contribution in [0.25, 0.3) is 0 Å². The van der Waals surface area contributed by atoms with Crippen LogP contribution in [0.5, 0.6) is 0 Å². The monoisotopic (exact) mass is 335 g/mol. The van der Waals surface area contributed by atoms with Crippen LogP contribution in [0.2, 0.25) is 0 Å². The molecule has 122 valence electrons. The van der Waals surface area contributed by atoms with Gasteiger partial charge in [0.15, 0.2) is 0 Å². The van der Waals surface area contributed by atoms with E-state index in [0.29, 0.717) is 6.54 Å². The molecule has 1 heterocycles. The number of halogens is 1. The third kappa shape index (κ3) is 6.34. The molecule has 0 fully saturated rings. The summed E-state index contributed by atoms with van der Waals surface area (Å²) >= 11 is 0. The summed E-state index contributed by atoms with van der Waals surface area (Å²) in [5, 5.41) is 7.61. The van der Waals surface area contributed by atoms with Gasteiger partial charge in [0.05, 0.1) is 0 Å². The van der Waals surface area contributed by atoms with Crippen molar-refractivity contribution >= 4 is 19.7 Å². The molecule has 0 radical (unpaired) electrons. The van der Waals surface area contributed by atoms with E-state index in [0.717, 1.165) is 31.5 Å². The molecule has 21 heavy (non-hydrogen) atoms. The first-order valence-electron chi connectivity index (χ1n) is 7.87. The van der Waals surface area contributed by atoms with Crippen molar-refractivity contribution in [3.8, 4) is 0 Å². The Balaban J connectivity index is 2.50. The zero-order valence-electron chi connectivity index (χ0n) is 13.0. The highest BCUT2D eigenvalue weighted by Crippen LogP contribution is 2.16. The normalized spacial score (nSPS) is 12.0. The summed E-state index contributed by atoms with van der Waals surface area (Å²) in [5.74, 6) is 0.727. The van der Waals surface area contributed by atoms with E-state index >= 15 is 0 Å². The lowest BCUT2D eigenvalue weighted by molar-refractivity contribution is 0.541. The lowest BCUT2D eigenvalue weighted by Gasteiger charge is -2.07. The Morgan fingerprint density at radius 2 is 1.57 bits per heavy atom. The van der Waals surface area contributed by atoms with E-state index in [-0.39, 0.29) is 5.16 Å². The quantitative estimate of drug-likeness (QED) is 0.454. The van der Waals surface area contributed by atoms with E-state index < -0.39 is 9.05 Å². The minimum absolute atomic E-state index is 0.121. The van der Waals surface area contributed by atoms with Gasteiger partial charge in [0.2, 0.25) is 0 Å². The van der Waals surface area contributed by atoms with Crippen molar-refractivity contribution in [1.29, 1.82) is 0 Å². The second-order valence-electron chi connectivity index (χ2n) is 5.36. The average molecular weight is 336 g/mol. The van der Waals surface area contributed by atoms with Gasteiger partial charge in [0.25, 0.3) is 14.2 Å². The maximum Gasteiger partial charge on any atom is 0.296 e. The fraction of sp³-hybridized carbons (Fsp3) is 0.857. The fourth-order valence-corrected chi connectivity index (χ4v) is 3.31. The van der Waals surface area contributed by atoms with Crippen LogP contribution in [0.3, 0.4) is 0 Å². The van der Waals surface area contributed by atoms with Crippen molar-refractivity contribution in [3.63, 3.8) is 0 Å². The van der Waals surface area contributed by atoms with Gasteiger partial charge >= 0.3 is 0 Å². The first-order valence-corrected chi connectivity index (χ1v) is 10.2. The van der Waals surface area contributed by atoms with E-state index in [9.17, 15) is 8.42 Å². The number of unbranched alkanes of at least 4 members (excludes halogenated alkanes) is 6. The van der Waals surface area contributed by atoms with E-state index in [1.807, 2.05) is 6.92 Å². The predicted molar refractivity (Wildman–Crippen MR) is 85.0 cm³/mol. The predicted octanol–water partition coefficient (Wildman–Crippen LogP) is 3.91. The molecule has 1 rings (SSSR count). The molecule has 0 atom stereocenters. The molecule has 0 spiro atoms. The van der Waals surface area contributed by atoms with E-state index in [1.54, 1.807) is 4.57 Å². The largest absolute Gasteiger partial charge is 0.301 e. The minimum atomic E-state index is -3.82. The Morgan fingerprint density at radius 3 is 2.14 bits per heavy atom. The van der Waals surface area contributed by atoms with Crippen molar-refractivity contribution in [2.24, 2.45) is 0 Å². The summed E-state index contributed by atoms with van der Waals surface area (Å²) in [4.78, 5) is 0. The first kappa shape index (κ1) is 18.4. The zero-order chi connectivity index (χ0) is 15.7. The van der Waals surface area contributed by atoms with Crippen molar-refractivity contribution in [1.82, 2.24) is 14.8 Å². The lowest BCUT2D eigenvalue weighted by Crippen LogP contribution is -2.09. The van der Waals surface area contributed by atoms with Crippen LogP contribution in [-0.4, -0.2) is 23.2 Å². The van der Waals surface area contributed by atoms with Gasteiger partial charge in [0.1, 0.15) is 5.82 Å². The summed E-state index contributed by atoms with van der Waals surface area (Å²) in [7, 11) is 1.58. The van der Waals surface area contributed by atoms with Crippen LogP contribution in [0.15, 0.2) is 5.16 Å². The zero-order valence-corrected chi connectivity index (χ0v) is 14.6. The maximum absolute atomic E-state index is 11.5. The molecule has 0 unspecified atom stereocenters. The van der Waals surface area contributed by atoms with Crippen LogP contribution in [0.4, 0.5) is 0 Å². The molecule has 7 heteroatoms. The Kier molecular flexibility index (Phi) is 8.26. The van der Waals surface area contributed by atoms with Crippen molar-refractivity contribution in [3.05, 3.63) is 5.82 Å². The van der Waals surface area contributed by atoms with Crippen LogP contribution in [0.1, 0.15) is 71.0 Å². The van der Waals surface area contributed by atoms with Gasteiger partial charge in [-0.2, -0.15) is 0 Å². The van der Waals surface area contributed by atoms with Gasteiger partial charge < -0.3 is 4.57 Å². The average Bonchev–Trinajstić information content (AvgIpc) is 2.81. The molecule has 0 aliphatic carbocycles. The van der Waals surface area contributed by atoms with Crippen molar-refractivity contribution in [2.75, 3.05) is 0 Å². The highest BCUT2D eigenvalue weighted by atomic mass is 35.7. The number of hydrogen-bond acceptors (Lipinski definition) is 4. The van der Waals surface area contributed by atoms with Crippen LogP contribution < -0.4 is 0 Å². The summed E-state index contributed by atoms with van der Waals surface area (Å²) in [6.45, 7) is 4.78. The molecule has 5 nitrogen and oxygen atoms in total. The molecule has 0 amide bonds. The molecular formula is C14H26ClN3O2S. The summed E-state index contributed by atoms with van der Waals surface area (Å²) in [6, 6.07) is 0. The Morgan fingerprint density at radius 1 is 0.952 bits per heavy atom. The number of nitrogens with zero attached hydrogens (tertiary/aromatic N) is 3. The molecule has 0 saturated heterocycles. The molecule has 0 bridgehead atoms. The Bertz CT molecular complexity index is 514. The highest BCUT2D eigenvalue weighted by Gasteiger charge is 2.21. The standard InChI is InChI=1S/C14H26ClN3O2S/c1-3-5-6-7-8-9-10-11-13-16-17-14(21(15,19)20)18(13)12-4-2/h3-12H2,1-2H3. The number of hydrogen-bond donors (Lipinski definition) is 0. The molecule has 1 aromatic heterocycles. The number of aromatic nitrogens is 3. The molecule has 0 N–H and O–H groups in total. The van der Waals surface area contributed by atoms with Crippen molar-refractivity contribution < 1.29 is 8.42 Å². The third-order valence-electron chi connectivity index (χ3n) is 3.46. The van der Waals surface area contributed by atoms with Gasteiger partial charge in [-0.3, -0.25) is 0 Å². The van der Waals surface area contributed by atoms with Gasteiger partial charge in [0, 0.05) is 23.6 Å². The van der Waals surface area contributed by atoms with E-state index in [2.05, 4.69) is 17.1 Å². The number of rotatable bonds is 11. The van der Waals surface area contributed by atoms with Crippen LogP contribution in [-0.2, 0) is 22.0 Å². The van der Waals surface area contributed by atoms with Crippen LogP contribution >= 0.6 is 10.7 Å². The van der Waals surface area contributed by atoms with E-state index in [1.165, 1.54) is 32.1 Å². The molecule has 0 saturated carbocycles. The van der Waals surface area contributed by atoms with Gasteiger partial charge in [-0.05, 0) is 12.8 Å². The molecule has 0 aromatic carbocycles. The van der Waals surface area contributed by atoms with Crippen LogP contribution in [0, 0.1) is 0 Å². The molecular weight excluding hydrogens is 310 g/mol. The Hall–Kier alpha value is -0.620. The van der Waals surface area contributed by atoms with Gasteiger partial charge in [-0.1, -0.05) is 52.4 Å². The summed E-state index contributed by atoms with van der Waals surface area (Å²) < 4.78 is 24.6. The smallest absolute Gasteiger partial charge is 0.296 e. The third-order valence-corrected chi connectivity index (χ3v) is 4.61. The molecule has 1 aromatic rings. The maximum atomic E-state index is 11.5. The van der Waals surface area contributed by atoms with Gasteiger partial charge in [-0.25, -0.2) is 8.42 Å². The second kappa shape index (κ2) is 9.41. The SMILES string of the molecule is CCCCCCCCCc1nnc(S(=O)(=O)Cl)n1CCC. The van der Waals surface area contributed by atoms with Crippen molar-refractivity contribution in [2.45, 2.75) is 83.3 Å². The van der Waals surface area contributed by atoms with E-state index in [4.69, 9.17) is 10.7 Å². The first-order chi connectivity index (χ1) is 10.0. The second-order valence-corrected chi connectivity index (χ2v) is 7.82. The Labute approximate surface area is 132 Å². The summed E-state index contributed by atoms with van der Waals surface area (Å²) in [6.07, 6.45) is 10.1. The lowest BCUT2D eigenvalue weighted by atomic mass is 10.1. The molecule has 0 aliphatic rings. The fourth-order valence-electron chi connectivity index (χ4n) is 2.37. The number of aryl methyl sites for hydroxylation is 1. The summed E-state index contributed by atoms with van der Waals surface area (Å²) in [5.41, 5.74) is 0.